The van der Waals surface area contributed by atoms with Crippen LogP contribution in [0.2, 0.25) is 0 Å². The summed E-state index contributed by atoms with van der Waals surface area (Å²) in [6, 6.07) is 0. The Hall–Kier alpha value is -0.330. The largest absolute Gasteiger partial charge is 0.389 e. The zero-order valence-corrected chi connectivity index (χ0v) is 9.40. The van der Waals surface area contributed by atoms with Gasteiger partial charge in [0.05, 0.1) is 6.61 Å². The van der Waals surface area contributed by atoms with Crippen molar-refractivity contribution in [3.05, 3.63) is 0 Å². The maximum atomic E-state index is 11.9. The molecule has 1 aliphatic heterocycles. The van der Waals surface area contributed by atoms with Crippen LogP contribution in [0.15, 0.2) is 0 Å². The van der Waals surface area contributed by atoms with Gasteiger partial charge in [0.25, 0.3) is 0 Å². The maximum Gasteiger partial charge on any atom is 0.389 e. The highest BCUT2D eigenvalue weighted by Gasteiger charge is 2.34. The number of rotatable bonds is 6. The van der Waals surface area contributed by atoms with E-state index in [2.05, 4.69) is 5.32 Å². The second-order valence-corrected chi connectivity index (χ2v) is 4.09. The van der Waals surface area contributed by atoms with Gasteiger partial charge >= 0.3 is 6.18 Å². The van der Waals surface area contributed by atoms with Crippen LogP contribution in [0, 0.1) is 0 Å². The van der Waals surface area contributed by atoms with Crippen LogP contribution in [-0.2, 0) is 9.47 Å². The number of hydrogen-bond acceptors (Lipinski definition) is 3. The van der Waals surface area contributed by atoms with E-state index in [0.717, 1.165) is 6.42 Å². The average Bonchev–Trinajstić information content (AvgIpc) is 2.65. The second kappa shape index (κ2) is 5.84. The van der Waals surface area contributed by atoms with Crippen molar-refractivity contribution in [3.63, 3.8) is 0 Å². The molecule has 3 nitrogen and oxygen atoms in total. The smallest absolute Gasteiger partial charge is 0.378 e. The van der Waals surface area contributed by atoms with E-state index in [1.165, 1.54) is 0 Å². The monoisotopic (exact) mass is 241 g/mol. The predicted molar refractivity (Wildman–Crippen MR) is 53.3 cm³/mol. The quantitative estimate of drug-likeness (QED) is 0.718. The molecule has 1 fully saturated rings. The minimum atomic E-state index is -4.06. The van der Waals surface area contributed by atoms with E-state index < -0.39 is 12.6 Å². The van der Waals surface area contributed by atoms with Gasteiger partial charge < -0.3 is 14.8 Å². The molecular weight excluding hydrogens is 223 g/mol. The Morgan fingerprint density at radius 3 is 2.69 bits per heavy atom. The minimum absolute atomic E-state index is 0.101. The lowest BCUT2D eigenvalue weighted by Gasteiger charge is -2.26. The normalized spacial score (nSPS) is 26.2. The molecule has 1 atom stereocenters. The fraction of sp³-hybridized carbons (Fsp3) is 1.00. The molecule has 0 aromatic heterocycles. The van der Waals surface area contributed by atoms with Crippen molar-refractivity contribution in [2.24, 2.45) is 0 Å². The lowest BCUT2D eigenvalue weighted by Crippen LogP contribution is -2.43. The van der Waals surface area contributed by atoms with Gasteiger partial charge in [0.1, 0.15) is 5.60 Å². The van der Waals surface area contributed by atoms with Crippen LogP contribution >= 0.6 is 0 Å². The highest BCUT2D eigenvalue weighted by molar-refractivity contribution is 4.86. The summed E-state index contributed by atoms with van der Waals surface area (Å²) in [5.41, 5.74) is -0.349. The van der Waals surface area contributed by atoms with Crippen LogP contribution in [0.3, 0.4) is 0 Å². The molecule has 96 valence electrons. The van der Waals surface area contributed by atoms with Gasteiger partial charge in [-0.2, -0.15) is 13.2 Å². The van der Waals surface area contributed by atoms with Crippen LogP contribution in [0.4, 0.5) is 13.2 Å². The van der Waals surface area contributed by atoms with Crippen molar-refractivity contribution in [2.75, 3.05) is 33.4 Å². The topological polar surface area (TPSA) is 30.5 Å². The Kier molecular flexibility index (Phi) is 5.01. The summed E-state index contributed by atoms with van der Waals surface area (Å²) in [5.74, 6) is 0. The first-order valence-electron chi connectivity index (χ1n) is 5.38. The molecule has 1 N–H and O–H groups in total. The molecule has 0 aromatic carbocycles. The van der Waals surface area contributed by atoms with Crippen LogP contribution < -0.4 is 5.32 Å². The van der Waals surface area contributed by atoms with Gasteiger partial charge in [-0.3, -0.25) is 0 Å². The first-order chi connectivity index (χ1) is 7.47. The third kappa shape index (κ3) is 4.67. The van der Waals surface area contributed by atoms with Crippen LogP contribution in [-0.4, -0.2) is 45.2 Å². The molecule has 0 bridgehead atoms. The zero-order valence-electron chi connectivity index (χ0n) is 9.40. The van der Waals surface area contributed by atoms with E-state index in [9.17, 15) is 13.2 Å². The van der Waals surface area contributed by atoms with Crippen LogP contribution in [0.25, 0.3) is 0 Å². The Bertz CT molecular complexity index is 203. The Morgan fingerprint density at radius 2 is 2.19 bits per heavy atom. The van der Waals surface area contributed by atoms with Crippen LogP contribution in [0.5, 0.6) is 0 Å². The van der Waals surface area contributed by atoms with Gasteiger partial charge in [-0.05, 0) is 13.0 Å². The first kappa shape index (κ1) is 13.7. The third-order valence-electron chi connectivity index (χ3n) is 2.76. The average molecular weight is 241 g/mol. The zero-order chi connectivity index (χ0) is 12.1. The summed E-state index contributed by atoms with van der Waals surface area (Å²) in [7, 11) is 1.60. The summed E-state index contributed by atoms with van der Waals surface area (Å²) in [6.07, 6.45) is -3.91. The third-order valence-corrected chi connectivity index (χ3v) is 2.76. The summed E-state index contributed by atoms with van der Waals surface area (Å²) in [4.78, 5) is 0. The molecule has 0 amide bonds. The van der Waals surface area contributed by atoms with E-state index in [-0.39, 0.29) is 12.0 Å². The first-order valence-corrected chi connectivity index (χ1v) is 5.38. The van der Waals surface area contributed by atoms with Crippen molar-refractivity contribution in [1.29, 1.82) is 0 Å². The Labute approximate surface area is 93.3 Å². The Morgan fingerprint density at radius 1 is 1.44 bits per heavy atom. The Balaban J connectivity index is 2.10. The molecule has 16 heavy (non-hydrogen) atoms. The van der Waals surface area contributed by atoms with Crippen molar-refractivity contribution < 1.29 is 22.6 Å². The molecule has 1 unspecified atom stereocenters. The van der Waals surface area contributed by atoms with E-state index in [4.69, 9.17) is 9.47 Å². The molecule has 1 heterocycles. The highest BCUT2D eigenvalue weighted by Crippen LogP contribution is 2.22. The van der Waals surface area contributed by atoms with Crippen molar-refractivity contribution in [1.82, 2.24) is 5.32 Å². The highest BCUT2D eigenvalue weighted by atomic mass is 19.4. The van der Waals surface area contributed by atoms with E-state index in [0.29, 0.717) is 26.3 Å². The summed E-state index contributed by atoms with van der Waals surface area (Å²) in [5, 5.41) is 2.99. The van der Waals surface area contributed by atoms with Gasteiger partial charge in [-0.1, -0.05) is 0 Å². The molecule has 0 aliphatic carbocycles. The van der Waals surface area contributed by atoms with E-state index >= 15 is 0 Å². The number of nitrogens with one attached hydrogen (secondary N) is 1. The minimum Gasteiger partial charge on any atom is -0.378 e. The van der Waals surface area contributed by atoms with Crippen molar-refractivity contribution in [2.45, 2.75) is 31.0 Å². The SMILES string of the molecule is COC1(CNCCCC(F)(F)F)CCOC1. The molecule has 0 saturated carbocycles. The number of alkyl halides is 3. The molecule has 0 spiro atoms. The molecule has 1 saturated heterocycles. The number of ether oxygens (including phenoxy) is 2. The van der Waals surface area contributed by atoms with Gasteiger partial charge in [0.2, 0.25) is 0 Å². The molecule has 6 heteroatoms. The summed E-state index contributed by atoms with van der Waals surface area (Å²) >= 11 is 0. The van der Waals surface area contributed by atoms with Crippen molar-refractivity contribution >= 4 is 0 Å². The predicted octanol–water partition coefficient (Wildman–Crippen LogP) is 1.72. The standard InChI is InChI=1S/C10H18F3NO2/c1-15-9(4-6-16-8-9)7-14-5-2-3-10(11,12)13/h14H,2-8H2,1H3. The van der Waals surface area contributed by atoms with Gasteiger partial charge in [-0.25, -0.2) is 0 Å². The van der Waals surface area contributed by atoms with E-state index in [1.807, 2.05) is 0 Å². The maximum absolute atomic E-state index is 11.9. The number of hydrogen-bond donors (Lipinski definition) is 1. The molecule has 1 aliphatic rings. The molecule has 1 rings (SSSR count). The summed E-state index contributed by atoms with van der Waals surface area (Å²) < 4.78 is 46.1. The van der Waals surface area contributed by atoms with Gasteiger partial charge in [0, 0.05) is 33.1 Å². The number of methoxy groups -OCH3 is 1. The van der Waals surface area contributed by atoms with E-state index in [1.54, 1.807) is 7.11 Å². The lowest BCUT2D eigenvalue weighted by molar-refractivity contribution is -0.135. The van der Waals surface area contributed by atoms with Crippen molar-refractivity contribution in [3.8, 4) is 0 Å². The molecule has 0 aromatic rings. The molecule has 0 radical (unpaired) electrons. The second-order valence-electron chi connectivity index (χ2n) is 4.09. The molecular formula is C10H18F3NO2. The lowest BCUT2D eigenvalue weighted by atomic mass is 10.0. The summed E-state index contributed by atoms with van der Waals surface area (Å²) in [6.45, 7) is 2.06. The van der Waals surface area contributed by atoms with Gasteiger partial charge in [-0.15, -0.1) is 0 Å². The fourth-order valence-corrected chi connectivity index (χ4v) is 1.69. The van der Waals surface area contributed by atoms with Crippen LogP contribution in [0.1, 0.15) is 19.3 Å². The van der Waals surface area contributed by atoms with Gasteiger partial charge in [0.15, 0.2) is 0 Å². The fourth-order valence-electron chi connectivity index (χ4n) is 1.69. The number of halogens is 3.